The number of piperidine rings is 1. The number of hydrogen-bond acceptors (Lipinski definition) is 4. The van der Waals surface area contributed by atoms with Gasteiger partial charge in [0.2, 0.25) is 0 Å². The molecule has 0 aliphatic carbocycles. The van der Waals surface area contributed by atoms with Gasteiger partial charge < -0.3 is 20.3 Å². The zero-order valence-electron chi connectivity index (χ0n) is 20.2. The number of nitrogens with one attached hydrogen (secondary N) is 2. The molecule has 0 aromatic heterocycles. The zero-order chi connectivity index (χ0) is 21.7. The lowest BCUT2D eigenvalue weighted by atomic mass is 10.0. The van der Waals surface area contributed by atoms with Crippen LogP contribution in [0.25, 0.3) is 0 Å². The first-order valence-electron chi connectivity index (χ1n) is 12.3. The molecule has 1 aromatic rings. The molecule has 0 unspecified atom stereocenters. The van der Waals surface area contributed by atoms with E-state index < -0.39 is 0 Å². The predicted molar refractivity (Wildman–Crippen MR) is 145 cm³/mol. The van der Waals surface area contributed by atoms with E-state index in [2.05, 4.69) is 49.7 Å². The highest BCUT2D eigenvalue weighted by atomic mass is 127. The standard InChI is InChI=1S/C25H43N5O.HI/c1-26-25(28-24-12-17-29(18-13-24)16-9-19-31-2)27-20-22-10-5-6-11-23(22)21-30-14-7-3-4-8-15-30;/h5-6,10-11,24H,3-4,7-9,12-21H2,1-2H3,(H2,26,27,28);1H. The van der Waals surface area contributed by atoms with Gasteiger partial charge in [-0.2, -0.15) is 0 Å². The van der Waals surface area contributed by atoms with E-state index in [0.29, 0.717) is 6.04 Å². The third-order valence-electron chi connectivity index (χ3n) is 6.63. The Kier molecular flexibility index (Phi) is 13.5. The van der Waals surface area contributed by atoms with E-state index in [-0.39, 0.29) is 24.0 Å². The highest BCUT2D eigenvalue weighted by molar-refractivity contribution is 14.0. The lowest BCUT2D eigenvalue weighted by molar-refractivity contribution is 0.155. The van der Waals surface area contributed by atoms with Gasteiger partial charge in [0.05, 0.1) is 0 Å². The van der Waals surface area contributed by atoms with Crippen LogP contribution < -0.4 is 10.6 Å². The fourth-order valence-corrected chi connectivity index (χ4v) is 4.72. The quantitative estimate of drug-likeness (QED) is 0.209. The molecule has 1 aromatic carbocycles. The van der Waals surface area contributed by atoms with Gasteiger partial charge in [0.1, 0.15) is 0 Å². The van der Waals surface area contributed by atoms with Crippen LogP contribution in [0.1, 0.15) is 56.1 Å². The summed E-state index contributed by atoms with van der Waals surface area (Å²) >= 11 is 0. The molecule has 7 heteroatoms. The number of guanidine groups is 1. The van der Waals surface area contributed by atoms with E-state index in [0.717, 1.165) is 51.7 Å². The average molecular weight is 558 g/mol. The molecule has 182 valence electrons. The number of aliphatic imine (C=N–C) groups is 1. The van der Waals surface area contributed by atoms with E-state index in [1.54, 1.807) is 7.11 Å². The number of rotatable bonds is 9. The van der Waals surface area contributed by atoms with Crippen molar-refractivity contribution < 1.29 is 4.74 Å². The molecule has 0 saturated carbocycles. The number of ether oxygens (including phenoxy) is 1. The Morgan fingerprint density at radius 1 is 1.00 bits per heavy atom. The Morgan fingerprint density at radius 3 is 2.34 bits per heavy atom. The summed E-state index contributed by atoms with van der Waals surface area (Å²) in [5, 5.41) is 7.22. The van der Waals surface area contributed by atoms with Crippen molar-refractivity contribution in [3.63, 3.8) is 0 Å². The fourth-order valence-electron chi connectivity index (χ4n) is 4.72. The second-order valence-electron chi connectivity index (χ2n) is 8.99. The normalized spacial score (nSPS) is 19.2. The highest BCUT2D eigenvalue weighted by Gasteiger charge is 2.19. The van der Waals surface area contributed by atoms with Crippen molar-refractivity contribution in [2.45, 2.75) is 64.1 Å². The van der Waals surface area contributed by atoms with Gasteiger partial charge in [-0.25, -0.2) is 0 Å². The number of likely N-dealkylation sites (tertiary alicyclic amines) is 2. The first-order valence-corrected chi connectivity index (χ1v) is 12.3. The summed E-state index contributed by atoms with van der Waals surface area (Å²) in [5.74, 6) is 0.919. The average Bonchev–Trinajstić information content (AvgIpc) is 3.07. The molecular formula is C25H44IN5O. The molecule has 2 aliphatic heterocycles. The summed E-state index contributed by atoms with van der Waals surface area (Å²) in [6.07, 6.45) is 8.89. The summed E-state index contributed by atoms with van der Waals surface area (Å²) in [6.45, 7) is 8.64. The Bertz CT molecular complexity index is 655. The number of benzene rings is 1. The number of nitrogens with zero attached hydrogens (tertiary/aromatic N) is 3. The molecule has 0 bridgehead atoms. The summed E-state index contributed by atoms with van der Waals surface area (Å²) in [4.78, 5) is 9.66. The number of halogens is 1. The van der Waals surface area contributed by atoms with Crippen molar-refractivity contribution in [1.82, 2.24) is 20.4 Å². The van der Waals surface area contributed by atoms with Crippen molar-refractivity contribution in [3.8, 4) is 0 Å². The monoisotopic (exact) mass is 557 g/mol. The maximum absolute atomic E-state index is 5.18. The van der Waals surface area contributed by atoms with Gasteiger partial charge in [0, 0.05) is 59.5 Å². The van der Waals surface area contributed by atoms with Crippen LogP contribution in [0.4, 0.5) is 0 Å². The van der Waals surface area contributed by atoms with Crippen LogP contribution in [0.5, 0.6) is 0 Å². The summed E-state index contributed by atoms with van der Waals surface area (Å²) in [7, 11) is 3.65. The fraction of sp³-hybridized carbons (Fsp3) is 0.720. The van der Waals surface area contributed by atoms with Gasteiger partial charge in [0.25, 0.3) is 0 Å². The van der Waals surface area contributed by atoms with E-state index in [1.165, 1.54) is 62.7 Å². The molecule has 0 radical (unpaired) electrons. The second kappa shape index (κ2) is 15.9. The van der Waals surface area contributed by atoms with Crippen LogP contribution in [0.2, 0.25) is 0 Å². The number of methoxy groups -OCH3 is 1. The first kappa shape index (κ1) is 27.3. The van der Waals surface area contributed by atoms with Gasteiger partial charge in [-0.3, -0.25) is 9.89 Å². The van der Waals surface area contributed by atoms with E-state index in [1.807, 2.05) is 7.05 Å². The Hall–Kier alpha value is -0.900. The van der Waals surface area contributed by atoms with Gasteiger partial charge in [-0.05, 0) is 56.3 Å². The van der Waals surface area contributed by atoms with Gasteiger partial charge in [-0.15, -0.1) is 24.0 Å². The summed E-state index contributed by atoms with van der Waals surface area (Å²) in [5.41, 5.74) is 2.82. The first-order chi connectivity index (χ1) is 15.3. The molecule has 2 aliphatic rings. The van der Waals surface area contributed by atoms with Crippen molar-refractivity contribution in [2.24, 2.45) is 4.99 Å². The zero-order valence-corrected chi connectivity index (χ0v) is 22.5. The molecule has 0 atom stereocenters. The smallest absolute Gasteiger partial charge is 0.191 e. The minimum Gasteiger partial charge on any atom is -0.385 e. The van der Waals surface area contributed by atoms with E-state index >= 15 is 0 Å². The van der Waals surface area contributed by atoms with E-state index in [4.69, 9.17) is 4.74 Å². The minimum absolute atomic E-state index is 0. The number of hydrogen-bond donors (Lipinski definition) is 2. The van der Waals surface area contributed by atoms with E-state index in [9.17, 15) is 0 Å². The molecule has 2 saturated heterocycles. The molecular weight excluding hydrogens is 513 g/mol. The van der Waals surface area contributed by atoms with Crippen molar-refractivity contribution in [3.05, 3.63) is 35.4 Å². The molecule has 6 nitrogen and oxygen atoms in total. The Balaban J connectivity index is 0.00000363. The van der Waals surface area contributed by atoms with Gasteiger partial charge >= 0.3 is 0 Å². The third kappa shape index (κ3) is 9.53. The van der Waals surface area contributed by atoms with Crippen LogP contribution in [0.3, 0.4) is 0 Å². The SMILES string of the molecule is CN=C(NCc1ccccc1CN1CCCCCC1)NC1CCN(CCCOC)CC1.I. The molecule has 0 spiro atoms. The maximum atomic E-state index is 5.18. The Labute approximate surface area is 212 Å². The predicted octanol–water partition coefficient (Wildman–Crippen LogP) is 3.85. The second-order valence-corrected chi connectivity index (χ2v) is 8.99. The maximum Gasteiger partial charge on any atom is 0.191 e. The van der Waals surface area contributed by atoms with Crippen LogP contribution in [0, 0.1) is 0 Å². The Morgan fingerprint density at radius 2 is 1.69 bits per heavy atom. The molecule has 3 rings (SSSR count). The third-order valence-corrected chi connectivity index (χ3v) is 6.63. The minimum atomic E-state index is 0. The lowest BCUT2D eigenvalue weighted by Gasteiger charge is -2.33. The lowest BCUT2D eigenvalue weighted by Crippen LogP contribution is -2.48. The molecule has 2 N–H and O–H groups in total. The van der Waals surface area contributed by atoms with Crippen LogP contribution in [-0.4, -0.2) is 75.3 Å². The summed E-state index contributed by atoms with van der Waals surface area (Å²) < 4.78 is 5.18. The van der Waals surface area contributed by atoms with Gasteiger partial charge in [0.15, 0.2) is 5.96 Å². The summed E-state index contributed by atoms with van der Waals surface area (Å²) in [6, 6.07) is 9.36. The van der Waals surface area contributed by atoms with Crippen LogP contribution in [-0.2, 0) is 17.8 Å². The van der Waals surface area contributed by atoms with Crippen LogP contribution >= 0.6 is 24.0 Å². The molecule has 2 fully saturated rings. The van der Waals surface area contributed by atoms with Crippen molar-refractivity contribution in [2.75, 3.05) is 53.5 Å². The van der Waals surface area contributed by atoms with Crippen molar-refractivity contribution in [1.29, 1.82) is 0 Å². The van der Waals surface area contributed by atoms with Crippen molar-refractivity contribution >= 4 is 29.9 Å². The topological polar surface area (TPSA) is 52.1 Å². The highest BCUT2D eigenvalue weighted by Crippen LogP contribution is 2.16. The largest absolute Gasteiger partial charge is 0.385 e. The van der Waals surface area contributed by atoms with Crippen LogP contribution in [0.15, 0.2) is 29.3 Å². The molecule has 2 heterocycles. The van der Waals surface area contributed by atoms with Gasteiger partial charge in [-0.1, -0.05) is 37.1 Å². The molecule has 0 amide bonds. The molecule has 32 heavy (non-hydrogen) atoms.